The van der Waals surface area contributed by atoms with Crippen molar-refractivity contribution in [1.82, 2.24) is 10.2 Å². The summed E-state index contributed by atoms with van der Waals surface area (Å²) in [5.41, 5.74) is 0. The standard InChI is InChI=1S/C15H20N2OS.ClH/c18-15(11-19-14-4-2-1-3-5-14)17-7-6-12-8-16-9-13(12)10-17;/h1-5,12-13,16H,6-11H2;1H. The molecular weight excluding hydrogens is 292 g/mol. The molecule has 0 aliphatic carbocycles. The molecule has 3 rings (SSSR count). The van der Waals surface area contributed by atoms with Crippen LogP contribution in [0.15, 0.2) is 35.2 Å². The number of benzene rings is 1. The monoisotopic (exact) mass is 312 g/mol. The van der Waals surface area contributed by atoms with Crippen molar-refractivity contribution in [3.8, 4) is 0 Å². The Labute approximate surface area is 130 Å². The molecule has 2 fully saturated rings. The van der Waals surface area contributed by atoms with Gasteiger partial charge in [-0.1, -0.05) is 18.2 Å². The molecule has 2 atom stereocenters. The van der Waals surface area contributed by atoms with Crippen LogP contribution in [0, 0.1) is 11.8 Å². The van der Waals surface area contributed by atoms with E-state index >= 15 is 0 Å². The van der Waals surface area contributed by atoms with Crippen molar-refractivity contribution < 1.29 is 4.79 Å². The summed E-state index contributed by atoms with van der Waals surface area (Å²) in [6, 6.07) is 10.2. The molecular formula is C15H21ClN2OS. The number of fused-ring (bicyclic) bond motifs is 1. The average molecular weight is 313 g/mol. The molecule has 1 N–H and O–H groups in total. The fraction of sp³-hybridized carbons (Fsp3) is 0.533. The van der Waals surface area contributed by atoms with E-state index in [1.165, 1.54) is 11.3 Å². The number of piperidine rings is 1. The van der Waals surface area contributed by atoms with Crippen molar-refractivity contribution in [3.63, 3.8) is 0 Å². The number of halogens is 1. The number of carbonyl (C=O) groups excluding carboxylic acids is 1. The summed E-state index contributed by atoms with van der Waals surface area (Å²) in [7, 11) is 0. The topological polar surface area (TPSA) is 32.3 Å². The van der Waals surface area contributed by atoms with E-state index in [9.17, 15) is 4.79 Å². The zero-order valence-corrected chi connectivity index (χ0v) is 13.1. The Bertz CT molecular complexity index is 443. The van der Waals surface area contributed by atoms with Crippen LogP contribution in [0.3, 0.4) is 0 Å². The lowest BCUT2D eigenvalue weighted by molar-refractivity contribution is -0.130. The van der Waals surface area contributed by atoms with Gasteiger partial charge in [0.2, 0.25) is 5.91 Å². The van der Waals surface area contributed by atoms with E-state index in [1.807, 2.05) is 18.2 Å². The van der Waals surface area contributed by atoms with Gasteiger partial charge in [0.1, 0.15) is 0 Å². The quantitative estimate of drug-likeness (QED) is 0.869. The van der Waals surface area contributed by atoms with Gasteiger partial charge < -0.3 is 10.2 Å². The third-order valence-electron chi connectivity index (χ3n) is 4.16. The molecule has 20 heavy (non-hydrogen) atoms. The Hall–Kier alpha value is -0.710. The van der Waals surface area contributed by atoms with E-state index in [0.29, 0.717) is 17.6 Å². The number of rotatable bonds is 3. The van der Waals surface area contributed by atoms with E-state index in [1.54, 1.807) is 11.8 Å². The van der Waals surface area contributed by atoms with Crippen molar-refractivity contribution in [2.24, 2.45) is 11.8 Å². The molecule has 0 spiro atoms. The van der Waals surface area contributed by atoms with Crippen LogP contribution < -0.4 is 5.32 Å². The lowest BCUT2D eigenvalue weighted by Crippen LogP contribution is -2.44. The zero-order valence-electron chi connectivity index (χ0n) is 11.5. The van der Waals surface area contributed by atoms with Gasteiger partial charge in [-0.3, -0.25) is 4.79 Å². The van der Waals surface area contributed by atoms with Crippen LogP contribution in [0.4, 0.5) is 0 Å². The second-order valence-electron chi connectivity index (χ2n) is 5.41. The van der Waals surface area contributed by atoms with E-state index < -0.39 is 0 Å². The van der Waals surface area contributed by atoms with Crippen LogP contribution in [0.2, 0.25) is 0 Å². The predicted octanol–water partition coefficient (Wildman–Crippen LogP) is 2.27. The Morgan fingerprint density at radius 3 is 2.80 bits per heavy atom. The van der Waals surface area contributed by atoms with Gasteiger partial charge in [0, 0.05) is 18.0 Å². The Balaban J connectivity index is 0.00000147. The summed E-state index contributed by atoms with van der Waals surface area (Å²) in [6.45, 7) is 4.12. The highest BCUT2D eigenvalue weighted by Gasteiger charge is 2.34. The number of hydrogen-bond acceptors (Lipinski definition) is 3. The normalized spacial score (nSPS) is 24.9. The fourth-order valence-corrected chi connectivity index (χ4v) is 3.84. The molecule has 0 bridgehead atoms. The van der Waals surface area contributed by atoms with Crippen LogP contribution in [-0.4, -0.2) is 42.7 Å². The molecule has 2 unspecified atom stereocenters. The van der Waals surface area contributed by atoms with E-state index in [-0.39, 0.29) is 12.4 Å². The maximum atomic E-state index is 12.2. The zero-order chi connectivity index (χ0) is 13.1. The van der Waals surface area contributed by atoms with Crippen LogP contribution >= 0.6 is 24.2 Å². The minimum absolute atomic E-state index is 0. The molecule has 1 aromatic rings. The van der Waals surface area contributed by atoms with Crippen LogP contribution in [0.5, 0.6) is 0 Å². The molecule has 1 amide bonds. The summed E-state index contributed by atoms with van der Waals surface area (Å²) in [5, 5.41) is 3.44. The fourth-order valence-electron chi connectivity index (χ4n) is 3.01. The molecule has 1 aromatic carbocycles. The molecule has 0 aromatic heterocycles. The number of nitrogens with one attached hydrogen (secondary N) is 1. The van der Waals surface area contributed by atoms with Gasteiger partial charge in [-0.25, -0.2) is 0 Å². The SMILES string of the molecule is Cl.O=C(CSc1ccccc1)N1CCC2CNCC2C1. The number of nitrogens with zero attached hydrogens (tertiary/aromatic N) is 1. The number of carbonyl (C=O) groups is 1. The number of likely N-dealkylation sites (tertiary alicyclic amines) is 1. The van der Waals surface area contributed by atoms with Crippen molar-refractivity contribution in [3.05, 3.63) is 30.3 Å². The van der Waals surface area contributed by atoms with E-state index in [0.717, 1.165) is 32.1 Å². The van der Waals surface area contributed by atoms with Crippen LogP contribution in [0.25, 0.3) is 0 Å². The van der Waals surface area contributed by atoms with Crippen molar-refractivity contribution in [2.75, 3.05) is 31.9 Å². The van der Waals surface area contributed by atoms with E-state index in [2.05, 4.69) is 22.3 Å². The highest BCUT2D eigenvalue weighted by molar-refractivity contribution is 8.00. The first-order valence-electron chi connectivity index (χ1n) is 6.99. The summed E-state index contributed by atoms with van der Waals surface area (Å²) in [5.74, 6) is 2.33. The molecule has 2 saturated heterocycles. The minimum atomic E-state index is 0. The van der Waals surface area contributed by atoms with Gasteiger partial charge in [-0.2, -0.15) is 0 Å². The largest absolute Gasteiger partial charge is 0.342 e. The molecule has 110 valence electrons. The molecule has 2 heterocycles. The average Bonchev–Trinajstić information content (AvgIpc) is 2.93. The number of hydrogen-bond donors (Lipinski definition) is 1. The summed E-state index contributed by atoms with van der Waals surface area (Å²) < 4.78 is 0. The van der Waals surface area contributed by atoms with Crippen molar-refractivity contribution in [1.29, 1.82) is 0 Å². The van der Waals surface area contributed by atoms with Gasteiger partial charge in [-0.15, -0.1) is 24.2 Å². The third-order valence-corrected chi connectivity index (χ3v) is 5.16. The Morgan fingerprint density at radius 2 is 2.00 bits per heavy atom. The Kier molecular flexibility index (Phi) is 5.75. The molecule has 2 aliphatic rings. The van der Waals surface area contributed by atoms with Crippen molar-refractivity contribution >= 4 is 30.1 Å². The molecule has 2 aliphatic heterocycles. The second-order valence-corrected chi connectivity index (χ2v) is 6.46. The first-order valence-corrected chi connectivity index (χ1v) is 7.98. The first-order chi connectivity index (χ1) is 9.33. The van der Waals surface area contributed by atoms with Gasteiger partial charge in [0.05, 0.1) is 5.75 Å². The third kappa shape index (κ3) is 3.68. The van der Waals surface area contributed by atoms with Gasteiger partial charge in [0.15, 0.2) is 0 Å². The highest BCUT2D eigenvalue weighted by Crippen LogP contribution is 2.27. The first kappa shape index (κ1) is 15.7. The summed E-state index contributed by atoms with van der Waals surface area (Å²) in [4.78, 5) is 15.5. The molecule has 0 radical (unpaired) electrons. The maximum Gasteiger partial charge on any atom is 0.232 e. The van der Waals surface area contributed by atoms with Gasteiger partial charge in [-0.05, 0) is 43.5 Å². The highest BCUT2D eigenvalue weighted by atomic mass is 35.5. The predicted molar refractivity (Wildman–Crippen MR) is 85.5 cm³/mol. The van der Waals surface area contributed by atoms with Crippen LogP contribution in [0.1, 0.15) is 6.42 Å². The Morgan fingerprint density at radius 1 is 1.25 bits per heavy atom. The molecule has 3 nitrogen and oxygen atoms in total. The number of thioether (sulfide) groups is 1. The lowest BCUT2D eigenvalue weighted by atomic mass is 9.89. The smallest absolute Gasteiger partial charge is 0.232 e. The lowest BCUT2D eigenvalue weighted by Gasteiger charge is -2.34. The van der Waals surface area contributed by atoms with Crippen LogP contribution in [-0.2, 0) is 4.79 Å². The number of amides is 1. The van der Waals surface area contributed by atoms with E-state index in [4.69, 9.17) is 0 Å². The molecule has 5 heteroatoms. The minimum Gasteiger partial charge on any atom is -0.342 e. The molecule has 0 saturated carbocycles. The summed E-state index contributed by atoms with van der Waals surface area (Å²) in [6.07, 6.45) is 1.17. The maximum absolute atomic E-state index is 12.2. The van der Waals surface area contributed by atoms with Crippen molar-refractivity contribution in [2.45, 2.75) is 11.3 Å². The van der Waals surface area contributed by atoms with Gasteiger partial charge >= 0.3 is 0 Å². The second kappa shape index (κ2) is 7.34. The summed E-state index contributed by atoms with van der Waals surface area (Å²) >= 11 is 1.64. The van der Waals surface area contributed by atoms with Gasteiger partial charge in [0.25, 0.3) is 0 Å².